The number of hydrogen-bond acceptors (Lipinski definition) is 5. The Morgan fingerprint density at radius 3 is 2.65 bits per heavy atom. The number of nitrogens with one attached hydrogen (secondary N) is 1. The monoisotopic (exact) mass is 282 g/mol. The van der Waals surface area contributed by atoms with E-state index in [1.807, 2.05) is 20.8 Å². The summed E-state index contributed by atoms with van der Waals surface area (Å²) in [6, 6.07) is 3.25. The molecule has 0 bridgehead atoms. The molecule has 1 aromatic heterocycles. The number of nitrogens with zero attached hydrogens (tertiary/aromatic N) is 1. The molecule has 0 saturated carbocycles. The molecule has 0 spiro atoms. The van der Waals surface area contributed by atoms with E-state index in [1.165, 1.54) is 6.20 Å². The number of aromatic nitrogens is 1. The first-order chi connectivity index (χ1) is 9.42. The largest absolute Gasteiger partial charge is 0.475 e. The summed E-state index contributed by atoms with van der Waals surface area (Å²) in [6.07, 6.45) is 1.44. The van der Waals surface area contributed by atoms with Crippen LogP contribution in [0.3, 0.4) is 0 Å². The predicted octanol–water partition coefficient (Wildman–Crippen LogP) is 0.998. The van der Waals surface area contributed by atoms with Gasteiger partial charge in [0.2, 0.25) is 5.88 Å². The second kappa shape index (κ2) is 7.81. The summed E-state index contributed by atoms with van der Waals surface area (Å²) >= 11 is 0. The van der Waals surface area contributed by atoms with Crippen molar-refractivity contribution in [2.24, 2.45) is 0 Å². The first kappa shape index (κ1) is 16.4. The summed E-state index contributed by atoms with van der Waals surface area (Å²) in [6.45, 7) is 6.95. The summed E-state index contributed by atoms with van der Waals surface area (Å²) in [4.78, 5) is 15.6. The zero-order valence-electron chi connectivity index (χ0n) is 12.2. The maximum Gasteiger partial charge on any atom is 0.252 e. The molecule has 6 nitrogen and oxygen atoms in total. The smallest absolute Gasteiger partial charge is 0.252 e. The number of ether oxygens (including phenoxy) is 2. The van der Waals surface area contributed by atoms with Gasteiger partial charge in [-0.1, -0.05) is 0 Å². The van der Waals surface area contributed by atoms with E-state index in [2.05, 4.69) is 10.3 Å². The minimum absolute atomic E-state index is 0.0891. The maximum absolute atomic E-state index is 11.6. The third-order valence-electron chi connectivity index (χ3n) is 2.26. The van der Waals surface area contributed by atoms with Crippen molar-refractivity contribution in [2.45, 2.75) is 26.4 Å². The van der Waals surface area contributed by atoms with Crippen LogP contribution in [-0.2, 0) is 4.74 Å². The van der Waals surface area contributed by atoms with Crippen LogP contribution in [0.25, 0.3) is 0 Å². The van der Waals surface area contributed by atoms with Gasteiger partial charge in [-0.15, -0.1) is 0 Å². The van der Waals surface area contributed by atoms with Gasteiger partial charge in [-0.3, -0.25) is 4.79 Å². The fraction of sp³-hybridized carbons (Fsp3) is 0.571. The number of aliphatic hydroxyl groups excluding tert-OH is 1. The Hall–Kier alpha value is -1.66. The zero-order valence-corrected chi connectivity index (χ0v) is 12.2. The van der Waals surface area contributed by atoms with Gasteiger partial charge < -0.3 is 19.9 Å². The van der Waals surface area contributed by atoms with Crippen LogP contribution in [0.4, 0.5) is 0 Å². The quantitative estimate of drug-likeness (QED) is 0.729. The Morgan fingerprint density at radius 1 is 1.35 bits per heavy atom. The highest BCUT2D eigenvalue weighted by Gasteiger charge is 2.09. The van der Waals surface area contributed by atoms with E-state index in [-0.39, 0.29) is 24.7 Å². The first-order valence-electron chi connectivity index (χ1n) is 6.54. The fourth-order valence-corrected chi connectivity index (χ4v) is 1.37. The Bertz CT molecular complexity index is 412. The van der Waals surface area contributed by atoms with Gasteiger partial charge in [0, 0.05) is 18.8 Å². The van der Waals surface area contributed by atoms with Gasteiger partial charge in [0.15, 0.2) is 0 Å². The van der Waals surface area contributed by atoms with Crippen molar-refractivity contribution in [3.05, 3.63) is 23.9 Å². The average molecular weight is 282 g/mol. The van der Waals surface area contributed by atoms with Crippen molar-refractivity contribution in [3.8, 4) is 5.88 Å². The highest BCUT2D eigenvalue weighted by atomic mass is 16.5. The standard InChI is InChI=1S/C14H22N2O4/c1-14(2,3)20-9-8-19-12-5-4-11(10-16-12)13(18)15-6-7-17/h4-5,10,17H,6-9H2,1-3H3,(H,15,18). The summed E-state index contributed by atoms with van der Waals surface area (Å²) in [5, 5.41) is 11.2. The molecule has 6 heteroatoms. The lowest BCUT2D eigenvalue weighted by Gasteiger charge is -2.19. The van der Waals surface area contributed by atoms with Crippen LogP contribution in [0.5, 0.6) is 5.88 Å². The molecule has 2 N–H and O–H groups in total. The molecule has 0 unspecified atom stereocenters. The third-order valence-corrected chi connectivity index (χ3v) is 2.26. The summed E-state index contributed by atoms with van der Waals surface area (Å²) in [7, 11) is 0. The van der Waals surface area contributed by atoms with Crippen molar-refractivity contribution < 1.29 is 19.4 Å². The maximum atomic E-state index is 11.6. The van der Waals surface area contributed by atoms with Crippen LogP contribution in [-0.4, -0.2) is 48.0 Å². The average Bonchev–Trinajstić information content (AvgIpc) is 2.40. The van der Waals surface area contributed by atoms with Gasteiger partial charge >= 0.3 is 0 Å². The number of amides is 1. The van der Waals surface area contributed by atoms with Gasteiger partial charge in [-0.2, -0.15) is 0 Å². The molecular formula is C14H22N2O4. The van der Waals surface area contributed by atoms with Crippen molar-refractivity contribution in [2.75, 3.05) is 26.4 Å². The molecule has 0 aliphatic rings. The van der Waals surface area contributed by atoms with Gasteiger partial charge in [0.05, 0.1) is 24.4 Å². The Balaban J connectivity index is 2.37. The molecule has 0 aromatic carbocycles. The van der Waals surface area contributed by atoms with Crippen LogP contribution in [0.15, 0.2) is 18.3 Å². The lowest BCUT2D eigenvalue weighted by molar-refractivity contribution is -0.0168. The highest BCUT2D eigenvalue weighted by Crippen LogP contribution is 2.09. The number of hydrogen-bond donors (Lipinski definition) is 2. The van der Waals surface area contributed by atoms with E-state index < -0.39 is 0 Å². The fourth-order valence-electron chi connectivity index (χ4n) is 1.37. The Labute approximate surface area is 119 Å². The minimum Gasteiger partial charge on any atom is -0.475 e. The van der Waals surface area contributed by atoms with Crippen molar-refractivity contribution in [3.63, 3.8) is 0 Å². The number of carbonyl (C=O) groups is 1. The SMILES string of the molecule is CC(C)(C)OCCOc1ccc(C(=O)NCCO)cn1. The molecule has 1 heterocycles. The normalized spacial score (nSPS) is 11.2. The first-order valence-corrected chi connectivity index (χ1v) is 6.54. The number of rotatable bonds is 7. The van der Waals surface area contributed by atoms with Gasteiger partial charge in [0.25, 0.3) is 5.91 Å². The highest BCUT2D eigenvalue weighted by molar-refractivity contribution is 5.93. The Kier molecular flexibility index (Phi) is 6.41. The van der Waals surface area contributed by atoms with E-state index in [0.29, 0.717) is 24.7 Å². The number of aliphatic hydroxyl groups is 1. The van der Waals surface area contributed by atoms with E-state index in [1.54, 1.807) is 12.1 Å². The van der Waals surface area contributed by atoms with Crippen LogP contribution in [0.2, 0.25) is 0 Å². The second-order valence-electron chi connectivity index (χ2n) is 5.17. The molecule has 1 rings (SSSR count). The molecule has 0 radical (unpaired) electrons. The zero-order chi connectivity index (χ0) is 15.0. The molecule has 1 aromatic rings. The van der Waals surface area contributed by atoms with E-state index >= 15 is 0 Å². The van der Waals surface area contributed by atoms with Crippen molar-refractivity contribution in [1.82, 2.24) is 10.3 Å². The molecule has 0 aliphatic heterocycles. The van der Waals surface area contributed by atoms with E-state index in [9.17, 15) is 4.79 Å². The van der Waals surface area contributed by atoms with Crippen LogP contribution >= 0.6 is 0 Å². The molecule has 0 fully saturated rings. The van der Waals surface area contributed by atoms with Crippen LogP contribution < -0.4 is 10.1 Å². The predicted molar refractivity (Wildman–Crippen MR) is 74.9 cm³/mol. The van der Waals surface area contributed by atoms with Gasteiger partial charge in [0.1, 0.15) is 6.61 Å². The van der Waals surface area contributed by atoms with E-state index in [4.69, 9.17) is 14.6 Å². The molecule has 0 aliphatic carbocycles. The molecule has 20 heavy (non-hydrogen) atoms. The molecule has 0 saturated heterocycles. The number of pyridine rings is 1. The Morgan fingerprint density at radius 2 is 2.10 bits per heavy atom. The number of carbonyl (C=O) groups excluding carboxylic acids is 1. The molecule has 112 valence electrons. The van der Waals surface area contributed by atoms with Crippen molar-refractivity contribution in [1.29, 1.82) is 0 Å². The van der Waals surface area contributed by atoms with E-state index in [0.717, 1.165) is 0 Å². The summed E-state index contributed by atoms with van der Waals surface area (Å²) < 4.78 is 10.9. The lowest BCUT2D eigenvalue weighted by atomic mass is 10.2. The topological polar surface area (TPSA) is 80.7 Å². The second-order valence-corrected chi connectivity index (χ2v) is 5.17. The summed E-state index contributed by atoms with van der Waals surface area (Å²) in [5.41, 5.74) is 0.238. The van der Waals surface area contributed by atoms with Crippen molar-refractivity contribution >= 4 is 5.91 Å². The third kappa shape index (κ3) is 6.49. The van der Waals surface area contributed by atoms with Crippen LogP contribution in [0, 0.1) is 0 Å². The summed E-state index contributed by atoms with van der Waals surface area (Å²) in [5.74, 6) is 0.176. The van der Waals surface area contributed by atoms with Gasteiger partial charge in [-0.25, -0.2) is 4.98 Å². The molecule has 0 atom stereocenters. The molecular weight excluding hydrogens is 260 g/mol. The lowest BCUT2D eigenvalue weighted by Crippen LogP contribution is -2.26. The molecule has 1 amide bonds. The van der Waals surface area contributed by atoms with Crippen LogP contribution in [0.1, 0.15) is 31.1 Å². The van der Waals surface area contributed by atoms with Gasteiger partial charge in [-0.05, 0) is 26.8 Å². The minimum atomic E-state index is -0.269.